The normalized spacial score (nSPS) is 11.7. The van der Waals surface area contributed by atoms with Gasteiger partial charge < -0.3 is 0 Å². The molecule has 0 saturated heterocycles. The van der Waals surface area contributed by atoms with Crippen molar-refractivity contribution in [3.8, 4) is 0 Å². The molecule has 4 heteroatoms. The summed E-state index contributed by atoms with van der Waals surface area (Å²) in [7, 11) is 0. The van der Waals surface area contributed by atoms with Crippen molar-refractivity contribution in [3.63, 3.8) is 0 Å². The first-order valence-corrected chi connectivity index (χ1v) is 4.87. The highest BCUT2D eigenvalue weighted by Crippen LogP contribution is 2.25. The Bertz CT molecular complexity index is 142. The van der Waals surface area contributed by atoms with Gasteiger partial charge in [0.05, 0.1) is 0 Å². The Morgan fingerprint density at radius 3 is 2.33 bits per heavy atom. The summed E-state index contributed by atoms with van der Waals surface area (Å²) in [6.45, 7) is 2.03. The maximum atomic E-state index is 12.2. The fourth-order valence-corrected chi connectivity index (χ4v) is 1.05. The lowest BCUT2D eigenvalue weighted by Gasteiger charge is -2.05. The molecule has 0 spiro atoms. The fourth-order valence-electron chi connectivity index (χ4n) is 0.854. The standard InChI is InChI=1S/C8H13BrF2O/c1-2-3-4-5-6-7(12)8(9,10)11/h2-6H2,1H3. The van der Waals surface area contributed by atoms with Crippen molar-refractivity contribution in [2.45, 2.75) is 43.9 Å². The third-order valence-electron chi connectivity index (χ3n) is 1.57. The monoisotopic (exact) mass is 242 g/mol. The zero-order valence-corrected chi connectivity index (χ0v) is 8.66. The molecule has 1 nitrogen and oxygen atoms in total. The Morgan fingerprint density at radius 2 is 1.92 bits per heavy atom. The van der Waals surface area contributed by atoms with E-state index in [1.54, 1.807) is 0 Å². The zero-order valence-electron chi connectivity index (χ0n) is 7.08. The zero-order chi connectivity index (χ0) is 9.61. The summed E-state index contributed by atoms with van der Waals surface area (Å²) in [5, 5.41) is 0. The molecule has 0 atom stereocenters. The quantitative estimate of drug-likeness (QED) is 0.515. The summed E-state index contributed by atoms with van der Waals surface area (Å²) in [5.41, 5.74) is 0. The van der Waals surface area contributed by atoms with Crippen molar-refractivity contribution in [2.75, 3.05) is 0 Å². The van der Waals surface area contributed by atoms with Crippen molar-refractivity contribution in [3.05, 3.63) is 0 Å². The number of carbonyl (C=O) groups is 1. The van der Waals surface area contributed by atoms with Gasteiger partial charge in [-0.25, -0.2) is 0 Å². The Morgan fingerprint density at radius 1 is 1.33 bits per heavy atom. The lowest BCUT2D eigenvalue weighted by atomic mass is 10.1. The molecule has 0 fully saturated rings. The first-order valence-electron chi connectivity index (χ1n) is 4.08. The third kappa shape index (κ3) is 5.63. The van der Waals surface area contributed by atoms with Crippen LogP contribution in [-0.2, 0) is 4.79 Å². The van der Waals surface area contributed by atoms with Crippen LogP contribution in [0.15, 0.2) is 0 Å². The van der Waals surface area contributed by atoms with Crippen molar-refractivity contribution in [2.24, 2.45) is 0 Å². The SMILES string of the molecule is CCCCCCC(=O)C(F)(F)Br. The second kappa shape index (κ2) is 5.62. The van der Waals surface area contributed by atoms with Crippen LogP contribution >= 0.6 is 15.9 Å². The maximum absolute atomic E-state index is 12.2. The maximum Gasteiger partial charge on any atom is 0.358 e. The predicted octanol–water partition coefficient (Wildman–Crippen LogP) is 3.51. The van der Waals surface area contributed by atoms with Crippen molar-refractivity contribution in [1.29, 1.82) is 0 Å². The molecule has 0 aliphatic rings. The molecule has 0 radical (unpaired) electrons. The van der Waals surface area contributed by atoms with E-state index in [2.05, 4.69) is 0 Å². The second-order valence-corrected chi connectivity index (χ2v) is 3.73. The highest BCUT2D eigenvalue weighted by molar-refractivity contribution is 9.10. The summed E-state index contributed by atoms with van der Waals surface area (Å²) in [5.74, 6) is -1.02. The molecule has 0 heterocycles. The first kappa shape index (κ1) is 12.0. The average molecular weight is 243 g/mol. The number of hydrogen-bond donors (Lipinski definition) is 0. The van der Waals surface area contributed by atoms with E-state index in [1.165, 1.54) is 0 Å². The summed E-state index contributed by atoms with van der Waals surface area (Å²) >= 11 is 2.03. The van der Waals surface area contributed by atoms with Crippen molar-refractivity contribution < 1.29 is 13.6 Å². The minimum absolute atomic E-state index is 0.0295. The van der Waals surface area contributed by atoms with Gasteiger partial charge >= 0.3 is 4.83 Å². The van der Waals surface area contributed by atoms with Crippen LogP contribution in [0.2, 0.25) is 0 Å². The molecule has 0 saturated carbocycles. The molecule has 0 bridgehead atoms. The van der Waals surface area contributed by atoms with E-state index in [-0.39, 0.29) is 6.42 Å². The van der Waals surface area contributed by atoms with Gasteiger partial charge in [0.15, 0.2) is 0 Å². The molecule has 0 unspecified atom stereocenters. The molecule has 12 heavy (non-hydrogen) atoms. The molecule has 0 amide bonds. The van der Waals surface area contributed by atoms with E-state index >= 15 is 0 Å². The smallest absolute Gasteiger partial charge is 0.292 e. The number of unbranched alkanes of at least 4 members (excludes halogenated alkanes) is 3. The van der Waals surface area contributed by atoms with Crippen LogP contribution in [0.4, 0.5) is 8.78 Å². The van der Waals surface area contributed by atoms with Crippen LogP contribution in [0, 0.1) is 0 Å². The lowest BCUT2D eigenvalue weighted by Crippen LogP contribution is -2.20. The number of halogens is 3. The van der Waals surface area contributed by atoms with Gasteiger partial charge in [-0.3, -0.25) is 4.79 Å². The summed E-state index contributed by atoms with van der Waals surface area (Å²) in [4.78, 5) is 7.31. The molecule has 0 aromatic carbocycles. The van der Waals surface area contributed by atoms with E-state index in [9.17, 15) is 13.6 Å². The van der Waals surface area contributed by atoms with Crippen LogP contribution in [0.3, 0.4) is 0 Å². The number of carbonyl (C=O) groups excluding carboxylic acids is 1. The number of Topliss-reactive ketones (excluding diaryl/α,β-unsaturated/α-hetero) is 1. The number of rotatable bonds is 6. The largest absolute Gasteiger partial charge is 0.358 e. The fraction of sp³-hybridized carbons (Fsp3) is 0.875. The third-order valence-corrected chi connectivity index (χ3v) is 2.02. The van der Waals surface area contributed by atoms with Gasteiger partial charge in [-0.1, -0.05) is 26.2 Å². The van der Waals surface area contributed by atoms with E-state index < -0.39 is 10.6 Å². The molecule has 0 rings (SSSR count). The first-order chi connectivity index (χ1) is 5.48. The molecular formula is C8H13BrF2O. The van der Waals surface area contributed by atoms with E-state index in [1.807, 2.05) is 22.9 Å². The minimum atomic E-state index is -3.32. The van der Waals surface area contributed by atoms with E-state index in [0.717, 1.165) is 19.3 Å². The predicted molar refractivity (Wildman–Crippen MR) is 47.6 cm³/mol. The van der Waals surface area contributed by atoms with Crippen molar-refractivity contribution in [1.82, 2.24) is 0 Å². The Hall–Kier alpha value is 0.01000. The van der Waals surface area contributed by atoms with E-state index in [0.29, 0.717) is 6.42 Å². The average Bonchev–Trinajstić information content (AvgIpc) is 1.96. The van der Waals surface area contributed by atoms with Gasteiger partial charge in [-0.15, -0.1) is 0 Å². The van der Waals surface area contributed by atoms with Crippen LogP contribution in [0.25, 0.3) is 0 Å². The molecular weight excluding hydrogens is 230 g/mol. The van der Waals surface area contributed by atoms with Gasteiger partial charge in [0.1, 0.15) is 0 Å². The van der Waals surface area contributed by atoms with Crippen molar-refractivity contribution >= 4 is 21.7 Å². The number of alkyl halides is 3. The molecule has 0 aliphatic carbocycles. The molecule has 0 aliphatic heterocycles. The minimum Gasteiger partial charge on any atom is -0.292 e. The van der Waals surface area contributed by atoms with Crippen LogP contribution in [0.1, 0.15) is 39.0 Å². The lowest BCUT2D eigenvalue weighted by molar-refractivity contribution is -0.132. The second-order valence-electron chi connectivity index (χ2n) is 2.73. The summed E-state index contributed by atoms with van der Waals surface area (Å²) in [6.07, 6.45) is 3.43. The highest BCUT2D eigenvalue weighted by atomic mass is 79.9. The molecule has 0 N–H and O–H groups in total. The highest BCUT2D eigenvalue weighted by Gasteiger charge is 2.33. The Kier molecular flexibility index (Phi) is 5.63. The van der Waals surface area contributed by atoms with Gasteiger partial charge in [0, 0.05) is 6.42 Å². The van der Waals surface area contributed by atoms with Crippen LogP contribution in [-0.4, -0.2) is 10.6 Å². The molecule has 72 valence electrons. The van der Waals surface area contributed by atoms with Gasteiger partial charge in [-0.2, -0.15) is 8.78 Å². The Labute approximate surface area is 79.7 Å². The molecule has 0 aromatic heterocycles. The molecule has 0 aromatic rings. The van der Waals surface area contributed by atoms with Crippen LogP contribution < -0.4 is 0 Å². The van der Waals surface area contributed by atoms with Gasteiger partial charge in [0.2, 0.25) is 5.78 Å². The topological polar surface area (TPSA) is 17.1 Å². The van der Waals surface area contributed by atoms with E-state index in [4.69, 9.17) is 0 Å². The van der Waals surface area contributed by atoms with Crippen LogP contribution in [0.5, 0.6) is 0 Å². The number of hydrogen-bond acceptors (Lipinski definition) is 1. The van der Waals surface area contributed by atoms with Gasteiger partial charge in [-0.05, 0) is 22.4 Å². The number of ketones is 1. The summed E-state index contributed by atoms with van der Waals surface area (Å²) in [6, 6.07) is 0. The van der Waals surface area contributed by atoms with Gasteiger partial charge in [0.25, 0.3) is 0 Å². The summed E-state index contributed by atoms with van der Waals surface area (Å²) < 4.78 is 24.4. The Balaban J connectivity index is 3.45.